The monoisotopic (exact) mass is 331 g/mol. The molecule has 2 heterocycles. The average Bonchev–Trinajstić information content (AvgIpc) is 2.79. The first-order chi connectivity index (χ1) is 10.9. The minimum absolute atomic E-state index is 0.143. The molecule has 2 saturated heterocycles. The first-order valence-electron chi connectivity index (χ1n) is 7.31. The highest BCUT2D eigenvalue weighted by atomic mass is 32.2. The van der Waals surface area contributed by atoms with Gasteiger partial charge in [-0.1, -0.05) is 18.2 Å². The van der Waals surface area contributed by atoms with E-state index < -0.39 is 12.1 Å². The highest BCUT2D eigenvalue weighted by Gasteiger charge is 2.62. The fraction of sp³-hybridized carbons (Fsp3) is 0.438. The minimum Gasteiger partial charge on any atom is -0.484 e. The smallest absolute Gasteiger partial charge is 0.258 e. The van der Waals surface area contributed by atoms with E-state index in [1.54, 1.807) is 28.8 Å². The van der Waals surface area contributed by atoms with Crippen LogP contribution < -0.4 is 10.1 Å². The number of benzene rings is 1. The zero-order chi connectivity index (χ0) is 16.6. The maximum Gasteiger partial charge on any atom is 0.258 e. The molecule has 0 spiro atoms. The Labute approximate surface area is 138 Å². The van der Waals surface area contributed by atoms with E-state index in [1.807, 2.05) is 32.0 Å². The third kappa shape index (κ3) is 2.75. The third-order valence-electron chi connectivity index (χ3n) is 3.99. The fourth-order valence-electron chi connectivity index (χ4n) is 2.83. The molecule has 0 bridgehead atoms. The Morgan fingerprint density at radius 3 is 2.78 bits per heavy atom. The summed E-state index contributed by atoms with van der Waals surface area (Å²) < 4.78 is 5.03. The number of nitrogens with zero attached hydrogens (tertiary/aromatic N) is 2. The van der Waals surface area contributed by atoms with Crippen molar-refractivity contribution in [3.8, 4) is 11.8 Å². The number of hydrogen-bond acceptors (Lipinski definition) is 5. The lowest BCUT2D eigenvalue weighted by Gasteiger charge is -2.42. The number of thioether (sulfide) groups is 1. The molecule has 2 aliphatic rings. The van der Waals surface area contributed by atoms with Crippen LogP contribution in [0.3, 0.4) is 0 Å². The van der Waals surface area contributed by atoms with E-state index in [0.29, 0.717) is 5.75 Å². The Morgan fingerprint density at radius 1 is 1.43 bits per heavy atom. The number of nitriles is 1. The summed E-state index contributed by atoms with van der Waals surface area (Å²) in [7, 11) is 0. The van der Waals surface area contributed by atoms with Crippen molar-refractivity contribution in [1.29, 1.82) is 5.26 Å². The molecule has 23 heavy (non-hydrogen) atoms. The van der Waals surface area contributed by atoms with E-state index in [4.69, 9.17) is 4.74 Å². The first kappa shape index (κ1) is 15.7. The van der Waals surface area contributed by atoms with Crippen LogP contribution in [0.4, 0.5) is 0 Å². The first-order valence-corrected chi connectivity index (χ1v) is 8.19. The minimum atomic E-state index is -0.579. The average molecular weight is 331 g/mol. The molecule has 1 aromatic rings. The molecule has 1 aromatic carbocycles. The summed E-state index contributed by atoms with van der Waals surface area (Å²) >= 11 is 1.55. The lowest BCUT2D eigenvalue weighted by Crippen LogP contribution is -2.69. The van der Waals surface area contributed by atoms with Gasteiger partial charge in [-0.15, -0.1) is 11.8 Å². The van der Waals surface area contributed by atoms with Crippen LogP contribution in [-0.4, -0.2) is 45.5 Å². The van der Waals surface area contributed by atoms with Crippen LogP contribution >= 0.6 is 11.8 Å². The van der Waals surface area contributed by atoms with Gasteiger partial charge in [0, 0.05) is 4.75 Å². The Hall–Kier alpha value is -2.20. The number of fused-ring (bicyclic) bond motifs is 1. The molecule has 0 saturated carbocycles. The van der Waals surface area contributed by atoms with Crippen molar-refractivity contribution in [2.75, 3.05) is 6.61 Å². The molecule has 7 heteroatoms. The van der Waals surface area contributed by atoms with Crippen molar-refractivity contribution in [1.82, 2.24) is 10.2 Å². The van der Waals surface area contributed by atoms with Crippen LogP contribution in [0.5, 0.6) is 5.75 Å². The van der Waals surface area contributed by atoms with Crippen molar-refractivity contribution >= 4 is 23.6 Å². The Kier molecular flexibility index (Phi) is 3.94. The van der Waals surface area contributed by atoms with Gasteiger partial charge in [-0.3, -0.25) is 9.59 Å². The Morgan fingerprint density at radius 2 is 2.13 bits per heavy atom. The lowest BCUT2D eigenvalue weighted by molar-refractivity contribution is -0.150. The van der Waals surface area contributed by atoms with Crippen molar-refractivity contribution in [3.05, 3.63) is 30.3 Å². The van der Waals surface area contributed by atoms with Crippen LogP contribution in [0.25, 0.3) is 0 Å². The third-order valence-corrected chi connectivity index (χ3v) is 5.56. The number of amides is 2. The van der Waals surface area contributed by atoms with Crippen LogP contribution in [0.1, 0.15) is 13.8 Å². The maximum atomic E-state index is 12.2. The molecule has 2 fully saturated rings. The number of ether oxygens (including phenoxy) is 1. The van der Waals surface area contributed by atoms with E-state index in [9.17, 15) is 14.9 Å². The second kappa shape index (κ2) is 5.78. The van der Waals surface area contributed by atoms with Crippen molar-refractivity contribution < 1.29 is 14.3 Å². The number of hydrogen-bond donors (Lipinski definition) is 1. The molecule has 2 aliphatic heterocycles. The summed E-state index contributed by atoms with van der Waals surface area (Å²) in [4.78, 5) is 25.8. The summed E-state index contributed by atoms with van der Waals surface area (Å²) in [5.74, 6) is 0.0588. The van der Waals surface area contributed by atoms with E-state index in [0.717, 1.165) is 0 Å². The number of carbonyl (C=O) groups excluding carboxylic acids is 2. The Bertz CT molecular complexity index is 671. The van der Waals surface area contributed by atoms with Crippen molar-refractivity contribution in [2.24, 2.45) is 0 Å². The van der Waals surface area contributed by atoms with Gasteiger partial charge in [-0.05, 0) is 26.0 Å². The van der Waals surface area contributed by atoms with Gasteiger partial charge in [0.15, 0.2) is 6.61 Å². The topological polar surface area (TPSA) is 82.4 Å². The van der Waals surface area contributed by atoms with Gasteiger partial charge in [0.2, 0.25) is 5.91 Å². The zero-order valence-corrected chi connectivity index (χ0v) is 13.7. The summed E-state index contributed by atoms with van der Waals surface area (Å²) in [6.45, 7) is 3.74. The standard InChI is InChI=1S/C16H17N3O3S/c1-16(2)11(8-17)19-14(21)13(15(19)23-16)18-12(20)9-22-10-6-4-3-5-7-10/h3-7,11,13,15H,9H2,1-2H3,(H,18,20)/t11?,13?,15-/m1/s1. The van der Waals surface area contributed by atoms with Gasteiger partial charge >= 0.3 is 0 Å². The van der Waals surface area contributed by atoms with Crippen molar-refractivity contribution in [2.45, 2.75) is 36.1 Å². The number of β-lactam (4-membered cyclic amide) rings is 1. The van der Waals surface area contributed by atoms with Gasteiger partial charge in [-0.25, -0.2) is 0 Å². The normalized spacial score (nSPS) is 27.6. The van der Waals surface area contributed by atoms with Gasteiger partial charge < -0.3 is 15.0 Å². The van der Waals surface area contributed by atoms with Gasteiger partial charge in [0.05, 0.1) is 6.07 Å². The largest absolute Gasteiger partial charge is 0.484 e. The molecule has 120 valence electrons. The van der Waals surface area contributed by atoms with Crippen LogP contribution in [-0.2, 0) is 9.59 Å². The number of para-hydroxylation sites is 1. The predicted octanol–water partition coefficient (Wildman–Crippen LogP) is 1.14. The maximum absolute atomic E-state index is 12.2. The lowest BCUT2D eigenvalue weighted by atomic mass is 9.97. The zero-order valence-electron chi connectivity index (χ0n) is 12.9. The van der Waals surface area contributed by atoms with Crippen molar-refractivity contribution in [3.63, 3.8) is 0 Å². The highest BCUT2D eigenvalue weighted by Crippen LogP contribution is 2.50. The molecule has 3 rings (SSSR count). The van der Waals surface area contributed by atoms with Gasteiger partial charge in [-0.2, -0.15) is 5.26 Å². The quantitative estimate of drug-likeness (QED) is 0.837. The molecule has 0 aromatic heterocycles. The van der Waals surface area contributed by atoms with E-state index >= 15 is 0 Å². The fourth-order valence-corrected chi connectivity index (χ4v) is 4.40. The van der Waals surface area contributed by atoms with Crippen LogP contribution in [0, 0.1) is 11.3 Å². The van der Waals surface area contributed by atoms with E-state index in [2.05, 4.69) is 11.4 Å². The number of rotatable bonds is 4. The van der Waals surface area contributed by atoms with Gasteiger partial charge in [0.25, 0.3) is 5.91 Å². The SMILES string of the molecule is CC1(C)S[C@@H]2C(NC(=O)COc3ccccc3)C(=O)N2C1C#N. The molecular formula is C16H17N3O3S. The molecule has 1 N–H and O–H groups in total. The molecule has 3 atom stereocenters. The van der Waals surface area contributed by atoms with Crippen LogP contribution in [0.15, 0.2) is 30.3 Å². The summed E-state index contributed by atoms with van der Waals surface area (Å²) in [6, 6.07) is 10.2. The highest BCUT2D eigenvalue weighted by molar-refractivity contribution is 8.01. The Balaban J connectivity index is 1.57. The van der Waals surface area contributed by atoms with Crippen LogP contribution in [0.2, 0.25) is 0 Å². The molecule has 2 unspecified atom stereocenters. The second-order valence-corrected chi connectivity index (χ2v) is 7.81. The molecular weight excluding hydrogens is 314 g/mol. The molecule has 2 amide bonds. The molecule has 0 aliphatic carbocycles. The van der Waals surface area contributed by atoms with Gasteiger partial charge in [0.1, 0.15) is 23.2 Å². The predicted molar refractivity (Wildman–Crippen MR) is 85.6 cm³/mol. The number of carbonyl (C=O) groups is 2. The summed E-state index contributed by atoms with van der Waals surface area (Å²) in [6.07, 6.45) is 0. The summed E-state index contributed by atoms with van der Waals surface area (Å²) in [5.41, 5.74) is 0. The van der Waals surface area contributed by atoms with E-state index in [1.165, 1.54) is 0 Å². The molecule has 0 radical (unpaired) electrons. The summed E-state index contributed by atoms with van der Waals surface area (Å²) in [5, 5.41) is 11.8. The number of nitrogens with one attached hydrogen (secondary N) is 1. The van der Waals surface area contributed by atoms with E-state index in [-0.39, 0.29) is 28.5 Å². The second-order valence-electron chi connectivity index (χ2n) is 6.04. The molecule has 6 nitrogen and oxygen atoms in total.